The topological polar surface area (TPSA) is 79.8 Å². The molecule has 0 spiro atoms. The van der Waals surface area contributed by atoms with E-state index < -0.39 is 0 Å². The molecule has 3 aromatic rings. The number of allylic oxidation sites excluding steroid dienone is 1. The number of amides is 1. The van der Waals surface area contributed by atoms with E-state index in [4.69, 9.17) is 9.47 Å². The number of anilines is 1. The summed E-state index contributed by atoms with van der Waals surface area (Å²) in [6.07, 6.45) is 4.14. The number of rotatable bonds is 4. The van der Waals surface area contributed by atoms with Crippen molar-refractivity contribution < 1.29 is 19.4 Å². The van der Waals surface area contributed by atoms with Gasteiger partial charge in [0, 0.05) is 33.8 Å². The van der Waals surface area contributed by atoms with Crippen molar-refractivity contribution in [3.63, 3.8) is 0 Å². The Labute approximate surface area is 208 Å². The van der Waals surface area contributed by atoms with E-state index in [0.29, 0.717) is 34.9 Å². The zero-order valence-electron chi connectivity index (χ0n) is 20.4. The van der Waals surface area contributed by atoms with Crippen molar-refractivity contribution in [1.82, 2.24) is 5.32 Å². The van der Waals surface area contributed by atoms with E-state index in [1.165, 1.54) is 18.4 Å². The molecular formula is C28H28N2O4S. The number of phenolic OH excluding ortho intramolecular Hbond substituents is 1. The molecule has 1 aromatic heterocycles. The molecule has 2 aromatic carbocycles. The lowest BCUT2D eigenvalue weighted by atomic mass is 9.83. The molecule has 2 aliphatic rings. The average Bonchev–Trinajstić information content (AvgIpc) is 3.26. The molecule has 0 aliphatic carbocycles. The van der Waals surface area contributed by atoms with Crippen LogP contribution >= 0.6 is 11.3 Å². The number of ether oxygens (including phenoxy) is 2. The van der Waals surface area contributed by atoms with Gasteiger partial charge in [-0.05, 0) is 69.0 Å². The van der Waals surface area contributed by atoms with Crippen LogP contribution in [0.4, 0.5) is 5.69 Å². The number of thiophene rings is 1. The second kappa shape index (κ2) is 8.50. The molecule has 7 heteroatoms. The maximum Gasteiger partial charge on any atom is 0.252 e. The minimum atomic E-state index is -0.197. The van der Waals surface area contributed by atoms with Crippen molar-refractivity contribution in [1.29, 1.82) is 0 Å². The molecule has 6 nitrogen and oxygen atoms in total. The van der Waals surface area contributed by atoms with E-state index in [2.05, 4.69) is 43.5 Å². The molecule has 35 heavy (non-hydrogen) atoms. The van der Waals surface area contributed by atoms with Crippen LogP contribution in [0.2, 0.25) is 0 Å². The lowest BCUT2D eigenvalue weighted by Gasteiger charge is -2.35. The molecule has 3 N–H and O–H groups in total. The second-order valence-corrected chi connectivity index (χ2v) is 10.2. The highest BCUT2D eigenvalue weighted by atomic mass is 32.1. The van der Waals surface area contributed by atoms with Gasteiger partial charge >= 0.3 is 0 Å². The number of carbonyl (C=O) groups excluding carboxylic acids is 1. The largest absolute Gasteiger partial charge is 0.504 e. The smallest absolute Gasteiger partial charge is 0.252 e. The van der Waals surface area contributed by atoms with Gasteiger partial charge in [-0.1, -0.05) is 12.1 Å². The Hall–Kier alpha value is -3.71. The third kappa shape index (κ3) is 3.86. The van der Waals surface area contributed by atoms with E-state index in [-0.39, 0.29) is 17.2 Å². The average molecular weight is 489 g/mol. The SMILES string of the molecule is CCNC(=O)c1ccsc1C=C1Oc2ccc(O)c(OC)c2-c2ccc3c(c21)C(C)=CC(C)(C)N3. The predicted molar refractivity (Wildman–Crippen MR) is 142 cm³/mol. The summed E-state index contributed by atoms with van der Waals surface area (Å²) < 4.78 is 12.1. The van der Waals surface area contributed by atoms with E-state index in [1.807, 2.05) is 30.5 Å². The molecule has 0 radical (unpaired) electrons. The summed E-state index contributed by atoms with van der Waals surface area (Å²) in [5.41, 5.74) is 6.06. The Kier molecular flexibility index (Phi) is 5.60. The second-order valence-electron chi connectivity index (χ2n) is 9.24. The van der Waals surface area contributed by atoms with Crippen molar-refractivity contribution in [3.8, 4) is 28.4 Å². The lowest BCUT2D eigenvalue weighted by molar-refractivity contribution is 0.0956. The highest BCUT2D eigenvalue weighted by Gasteiger charge is 2.33. The Morgan fingerprint density at radius 3 is 2.74 bits per heavy atom. The van der Waals surface area contributed by atoms with E-state index in [1.54, 1.807) is 12.1 Å². The number of hydrogen-bond acceptors (Lipinski definition) is 6. The fourth-order valence-corrected chi connectivity index (χ4v) is 5.76. The van der Waals surface area contributed by atoms with Crippen molar-refractivity contribution in [2.45, 2.75) is 33.2 Å². The van der Waals surface area contributed by atoms with Gasteiger partial charge in [-0.25, -0.2) is 0 Å². The lowest BCUT2D eigenvalue weighted by Crippen LogP contribution is -2.32. The fourth-order valence-electron chi connectivity index (χ4n) is 4.94. The molecule has 1 amide bonds. The number of nitrogens with one attached hydrogen (secondary N) is 2. The minimum absolute atomic E-state index is 0.0502. The number of carbonyl (C=O) groups is 1. The van der Waals surface area contributed by atoms with Crippen LogP contribution in [0.1, 0.15) is 54.1 Å². The molecule has 0 atom stereocenters. The third-order valence-corrected chi connectivity index (χ3v) is 7.08. The first-order valence-corrected chi connectivity index (χ1v) is 12.4. The van der Waals surface area contributed by atoms with Gasteiger partial charge in [0.15, 0.2) is 11.5 Å². The van der Waals surface area contributed by atoms with E-state index >= 15 is 0 Å². The highest BCUT2D eigenvalue weighted by Crippen LogP contribution is 2.54. The maximum absolute atomic E-state index is 12.7. The Morgan fingerprint density at radius 2 is 2.00 bits per heavy atom. The van der Waals surface area contributed by atoms with Crippen molar-refractivity contribution in [2.24, 2.45) is 0 Å². The minimum Gasteiger partial charge on any atom is -0.504 e. The first-order valence-electron chi connectivity index (χ1n) is 11.5. The maximum atomic E-state index is 12.7. The molecule has 0 fully saturated rings. The number of fused-ring (bicyclic) bond motifs is 5. The molecule has 180 valence electrons. The van der Waals surface area contributed by atoms with E-state index in [9.17, 15) is 9.90 Å². The van der Waals surface area contributed by atoms with Crippen LogP contribution in [0.3, 0.4) is 0 Å². The molecule has 0 bridgehead atoms. The first-order chi connectivity index (χ1) is 16.7. The van der Waals surface area contributed by atoms with Gasteiger partial charge in [-0.15, -0.1) is 11.3 Å². The Bertz CT molecular complexity index is 1410. The highest BCUT2D eigenvalue weighted by molar-refractivity contribution is 7.11. The normalized spacial score (nSPS) is 16.3. The van der Waals surface area contributed by atoms with Crippen LogP contribution in [0.25, 0.3) is 28.5 Å². The summed E-state index contributed by atoms with van der Waals surface area (Å²) in [6, 6.07) is 9.24. The monoisotopic (exact) mass is 488 g/mol. The van der Waals surface area contributed by atoms with Crippen molar-refractivity contribution in [2.75, 3.05) is 19.0 Å². The van der Waals surface area contributed by atoms with Crippen LogP contribution in [-0.2, 0) is 0 Å². The van der Waals surface area contributed by atoms with Gasteiger partial charge in [0.05, 0.1) is 23.8 Å². The third-order valence-electron chi connectivity index (χ3n) is 6.21. The number of hydrogen-bond donors (Lipinski definition) is 3. The standard InChI is InChI=1S/C28H28N2O4S/c1-6-29-27(32)16-11-12-35-22(16)13-21-24-17(25-20(34-21)10-9-19(31)26(25)33-5)7-8-18-23(24)15(2)14-28(3,4)30-18/h7-14,30-31H,6H2,1-5H3,(H,29,32). The summed E-state index contributed by atoms with van der Waals surface area (Å²) >= 11 is 1.49. The van der Waals surface area contributed by atoms with Crippen molar-refractivity contribution in [3.05, 3.63) is 63.4 Å². The van der Waals surface area contributed by atoms with Gasteiger partial charge < -0.3 is 25.2 Å². The quantitative estimate of drug-likeness (QED) is 0.397. The summed E-state index contributed by atoms with van der Waals surface area (Å²) in [4.78, 5) is 13.5. The number of benzene rings is 2. The number of aromatic hydroxyl groups is 1. The predicted octanol–water partition coefficient (Wildman–Crippen LogP) is 6.38. The van der Waals surface area contributed by atoms with Crippen LogP contribution in [-0.4, -0.2) is 30.2 Å². The van der Waals surface area contributed by atoms with Gasteiger partial charge in [0.1, 0.15) is 11.5 Å². The summed E-state index contributed by atoms with van der Waals surface area (Å²) in [5, 5.41) is 18.9. The fraction of sp³-hybridized carbons (Fsp3) is 0.250. The van der Waals surface area contributed by atoms with Crippen molar-refractivity contribution >= 4 is 40.3 Å². The molecule has 0 unspecified atom stereocenters. The van der Waals surface area contributed by atoms with Crippen LogP contribution < -0.4 is 20.1 Å². The summed E-state index contributed by atoms with van der Waals surface area (Å²) in [6.45, 7) is 8.82. The van der Waals surface area contributed by atoms with Gasteiger partial charge in [0.2, 0.25) is 0 Å². The first kappa shape index (κ1) is 23.1. The Morgan fingerprint density at radius 1 is 1.20 bits per heavy atom. The molecule has 3 heterocycles. The summed E-state index contributed by atoms with van der Waals surface area (Å²) in [7, 11) is 1.54. The number of methoxy groups -OCH3 is 1. The van der Waals surface area contributed by atoms with Gasteiger partial charge in [0.25, 0.3) is 5.91 Å². The zero-order valence-corrected chi connectivity index (χ0v) is 21.2. The molecule has 0 saturated heterocycles. The molecule has 5 rings (SSSR count). The van der Waals surface area contributed by atoms with Crippen LogP contribution in [0.15, 0.2) is 41.8 Å². The Balaban J connectivity index is 1.79. The number of phenols is 1. The van der Waals surface area contributed by atoms with Gasteiger partial charge in [-0.3, -0.25) is 4.79 Å². The molecule has 0 saturated carbocycles. The molecule has 2 aliphatic heterocycles. The zero-order chi connectivity index (χ0) is 24.9. The van der Waals surface area contributed by atoms with E-state index in [0.717, 1.165) is 32.8 Å². The van der Waals surface area contributed by atoms with Crippen LogP contribution in [0.5, 0.6) is 17.2 Å². The molecular weight excluding hydrogens is 460 g/mol. The van der Waals surface area contributed by atoms with Crippen LogP contribution in [0, 0.1) is 0 Å². The summed E-state index contributed by atoms with van der Waals surface area (Å²) in [5.74, 6) is 1.53. The van der Waals surface area contributed by atoms with Gasteiger partial charge in [-0.2, -0.15) is 0 Å².